The van der Waals surface area contributed by atoms with Gasteiger partial charge in [0, 0.05) is 39.3 Å². The van der Waals surface area contributed by atoms with E-state index in [2.05, 4.69) is 11.7 Å². The van der Waals surface area contributed by atoms with Crippen molar-refractivity contribution < 1.29 is 4.79 Å². The summed E-state index contributed by atoms with van der Waals surface area (Å²) in [6, 6.07) is 0.667. The van der Waals surface area contributed by atoms with Crippen LogP contribution in [-0.4, -0.2) is 55.1 Å². The van der Waals surface area contributed by atoms with Crippen molar-refractivity contribution in [3.8, 4) is 0 Å². The van der Waals surface area contributed by atoms with Gasteiger partial charge in [0.1, 0.15) is 0 Å². The molecule has 2 aliphatic rings. The zero-order chi connectivity index (χ0) is 11.4. The van der Waals surface area contributed by atoms with Gasteiger partial charge in [0.05, 0.1) is 0 Å². The fourth-order valence-electron chi connectivity index (χ4n) is 2.53. The Hall–Kier alpha value is -0.770. The second-order valence-corrected chi connectivity index (χ2v) is 4.73. The molecule has 1 aliphatic heterocycles. The summed E-state index contributed by atoms with van der Waals surface area (Å²) >= 11 is 0. The van der Waals surface area contributed by atoms with Gasteiger partial charge in [-0.1, -0.05) is 0 Å². The van der Waals surface area contributed by atoms with Gasteiger partial charge in [-0.25, -0.2) is 4.79 Å². The van der Waals surface area contributed by atoms with Crippen LogP contribution in [0, 0.1) is 6.42 Å². The number of hydrogen-bond acceptors (Lipinski definition) is 2. The van der Waals surface area contributed by atoms with E-state index in [-0.39, 0.29) is 6.03 Å². The summed E-state index contributed by atoms with van der Waals surface area (Å²) in [5.41, 5.74) is 0. The van der Waals surface area contributed by atoms with Gasteiger partial charge in [0.25, 0.3) is 0 Å². The minimum Gasteiger partial charge on any atom is -0.325 e. The smallest absolute Gasteiger partial charge is 0.320 e. The number of hydrogen-bond donors (Lipinski definition) is 1. The summed E-state index contributed by atoms with van der Waals surface area (Å²) in [6.45, 7) is 3.56. The zero-order valence-corrected chi connectivity index (χ0v) is 10.1. The highest BCUT2D eigenvalue weighted by atomic mass is 16.2. The van der Waals surface area contributed by atoms with E-state index in [9.17, 15) is 4.79 Å². The first-order valence-corrected chi connectivity index (χ1v) is 6.33. The Bertz CT molecular complexity index is 232. The number of nitrogens with one attached hydrogen (secondary N) is 1. The molecule has 0 bridgehead atoms. The molecule has 0 unspecified atom stereocenters. The summed E-state index contributed by atoms with van der Waals surface area (Å²) in [4.78, 5) is 16.1. The van der Waals surface area contributed by atoms with E-state index in [1.54, 1.807) is 0 Å². The molecule has 4 heteroatoms. The molecule has 0 atom stereocenters. The van der Waals surface area contributed by atoms with Crippen LogP contribution in [0.1, 0.15) is 25.7 Å². The van der Waals surface area contributed by atoms with E-state index in [0.717, 1.165) is 51.9 Å². The topological polar surface area (TPSA) is 35.6 Å². The predicted octanol–water partition coefficient (Wildman–Crippen LogP) is 1.09. The van der Waals surface area contributed by atoms with Gasteiger partial charge in [-0.3, -0.25) is 0 Å². The van der Waals surface area contributed by atoms with Gasteiger partial charge in [-0.2, -0.15) is 0 Å². The van der Waals surface area contributed by atoms with Crippen molar-refractivity contribution in [3.05, 3.63) is 6.42 Å². The molecule has 2 amide bonds. The van der Waals surface area contributed by atoms with Crippen molar-refractivity contribution >= 4 is 6.03 Å². The van der Waals surface area contributed by atoms with Crippen LogP contribution >= 0.6 is 0 Å². The lowest BCUT2D eigenvalue weighted by Crippen LogP contribution is -2.53. The highest BCUT2D eigenvalue weighted by Crippen LogP contribution is 2.21. The van der Waals surface area contributed by atoms with E-state index < -0.39 is 0 Å². The standard InChI is InChI=1S/C12H22N3O/c1-14(11-5-3-2-4-6-11)12(16)15-9-7-13-8-10-15/h2,11,13H,3-10H2,1H3. The van der Waals surface area contributed by atoms with Gasteiger partial charge in [0.2, 0.25) is 0 Å². The minimum atomic E-state index is 0.216. The van der Waals surface area contributed by atoms with Gasteiger partial charge in [-0.05, 0) is 32.1 Å². The van der Waals surface area contributed by atoms with E-state index in [4.69, 9.17) is 0 Å². The van der Waals surface area contributed by atoms with Gasteiger partial charge in [0.15, 0.2) is 0 Å². The molecule has 1 N–H and O–H groups in total. The van der Waals surface area contributed by atoms with Crippen LogP contribution < -0.4 is 5.32 Å². The van der Waals surface area contributed by atoms with Crippen molar-refractivity contribution in [3.63, 3.8) is 0 Å². The first-order valence-electron chi connectivity index (χ1n) is 6.33. The first-order chi connectivity index (χ1) is 7.79. The molecule has 1 saturated heterocycles. The number of amides is 2. The number of urea groups is 1. The predicted molar refractivity (Wildman–Crippen MR) is 64.2 cm³/mol. The molecule has 0 aromatic carbocycles. The molecule has 0 spiro atoms. The summed E-state index contributed by atoms with van der Waals surface area (Å²) in [5.74, 6) is 0. The normalized spacial score (nSPS) is 23.2. The monoisotopic (exact) mass is 224 g/mol. The van der Waals surface area contributed by atoms with Crippen LogP contribution in [0.5, 0.6) is 0 Å². The van der Waals surface area contributed by atoms with Crippen LogP contribution in [0.3, 0.4) is 0 Å². The van der Waals surface area contributed by atoms with E-state index in [1.165, 1.54) is 0 Å². The summed E-state index contributed by atoms with van der Waals surface area (Å²) < 4.78 is 0. The third kappa shape index (κ3) is 2.67. The van der Waals surface area contributed by atoms with Crippen LogP contribution in [0.25, 0.3) is 0 Å². The van der Waals surface area contributed by atoms with E-state index in [1.807, 2.05) is 16.8 Å². The largest absolute Gasteiger partial charge is 0.325 e. The lowest BCUT2D eigenvalue weighted by atomic mass is 9.95. The maximum Gasteiger partial charge on any atom is 0.320 e. The molecule has 1 saturated carbocycles. The molecule has 1 heterocycles. The average Bonchev–Trinajstić information content (AvgIpc) is 2.39. The fraction of sp³-hybridized carbons (Fsp3) is 0.833. The molecule has 0 aromatic heterocycles. The summed E-state index contributed by atoms with van der Waals surface area (Å²) in [6.07, 6.45) is 6.91. The number of piperazine rings is 1. The van der Waals surface area contributed by atoms with Crippen molar-refractivity contribution in [2.45, 2.75) is 31.7 Å². The Kier molecular flexibility index (Phi) is 4.04. The Morgan fingerprint density at radius 2 is 1.94 bits per heavy atom. The summed E-state index contributed by atoms with van der Waals surface area (Å²) in [5, 5.41) is 3.27. The second kappa shape index (κ2) is 5.53. The number of rotatable bonds is 1. The molecule has 2 rings (SSSR count). The number of carbonyl (C=O) groups is 1. The molecular weight excluding hydrogens is 202 g/mol. The van der Waals surface area contributed by atoms with E-state index in [0.29, 0.717) is 6.04 Å². The number of nitrogens with zero attached hydrogens (tertiary/aromatic N) is 2. The lowest BCUT2D eigenvalue weighted by Gasteiger charge is -2.36. The second-order valence-electron chi connectivity index (χ2n) is 4.73. The molecule has 1 aliphatic carbocycles. The first kappa shape index (κ1) is 11.7. The SMILES string of the molecule is CN(C(=O)N1CCNCC1)C1CC[CH]CC1. The van der Waals surface area contributed by atoms with Gasteiger partial charge >= 0.3 is 6.03 Å². The summed E-state index contributed by atoms with van der Waals surface area (Å²) in [7, 11) is 1.96. The highest BCUT2D eigenvalue weighted by molar-refractivity contribution is 5.74. The van der Waals surface area contributed by atoms with E-state index >= 15 is 0 Å². The molecule has 91 valence electrons. The zero-order valence-electron chi connectivity index (χ0n) is 10.1. The third-order valence-electron chi connectivity index (χ3n) is 3.64. The third-order valence-corrected chi connectivity index (χ3v) is 3.64. The van der Waals surface area contributed by atoms with Crippen LogP contribution in [0.2, 0.25) is 0 Å². The minimum absolute atomic E-state index is 0.216. The Labute approximate surface area is 98.0 Å². The Morgan fingerprint density at radius 1 is 1.31 bits per heavy atom. The molecule has 4 nitrogen and oxygen atoms in total. The quantitative estimate of drug-likeness (QED) is 0.723. The highest BCUT2D eigenvalue weighted by Gasteiger charge is 2.26. The maximum absolute atomic E-state index is 12.2. The lowest BCUT2D eigenvalue weighted by molar-refractivity contribution is 0.132. The Balaban J connectivity index is 1.86. The molecule has 1 radical (unpaired) electrons. The van der Waals surface area contributed by atoms with Gasteiger partial charge in [-0.15, -0.1) is 0 Å². The molecular formula is C12H22N3O. The molecule has 2 fully saturated rings. The molecule has 16 heavy (non-hydrogen) atoms. The van der Waals surface area contributed by atoms with Crippen LogP contribution in [0.15, 0.2) is 0 Å². The van der Waals surface area contributed by atoms with Crippen LogP contribution in [-0.2, 0) is 0 Å². The Morgan fingerprint density at radius 3 is 2.56 bits per heavy atom. The number of carbonyl (C=O) groups excluding carboxylic acids is 1. The van der Waals surface area contributed by atoms with Gasteiger partial charge < -0.3 is 15.1 Å². The van der Waals surface area contributed by atoms with Crippen molar-refractivity contribution in [1.29, 1.82) is 0 Å². The maximum atomic E-state index is 12.2. The average molecular weight is 224 g/mol. The van der Waals surface area contributed by atoms with Crippen molar-refractivity contribution in [1.82, 2.24) is 15.1 Å². The van der Waals surface area contributed by atoms with Crippen molar-refractivity contribution in [2.24, 2.45) is 0 Å². The molecule has 0 aromatic rings. The fourth-order valence-corrected chi connectivity index (χ4v) is 2.53. The van der Waals surface area contributed by atoms with Crippen LogP contribution in [0.4, 0.5) is 4.79 Å². The van der Waals surface area contributed by atoms with Crippen molar-refractivity contribution in [2.75, 3.05) is 33.2 Å².